The molecule has 494 valence electrons. The summed E-state index contributed by atoms with van der Waals surface area (Å²) in [6.45, 7) is 59.2. The number of hydrogen-bond acceptors (Lipinski definition) is 16. The number of likely N-dealkylation sites (tertiary alicyclic amines) is 2. The van der Waals surface area contributed by atoms with E-state index in [1.54, 1.807) is 4.90 Å². The largest absolute Gasteiger partial charge is 0.444 e. The predicted molar refractivity (Wildman–Crippen MR) is 341 cm³/mol. The lowest BCUT2D eigenvalue weighted by atomic mass is 9.82. The highest BCUT2D eigenvalue weighted by atomic mass is 16.6. The Bertz CT molecular complexity index is 2150. The lowest BCUT2D eigenvalue weighted by molar-refractivity contribution is -0.137. The maximum absolute atomic E-state index is 12.4. The fourth-order valence-electron chi connectivity index (χ4n) is 9.92. The number of morpholine rings is 3. The lowest BCUT2D eigenvalue weighted by Crippen LogP contribution is -2.56. The van der Waals surface area contributed by atoms with Gasteiger partial charge in [-0.15, -0.1) is 0 Å². The van der Waals surface area contributed by atoms with Crippen molar-refractivity contribution in [2.24, 2.45) is 32.5 Å². The number of Topliss-reactive ketones (excluding diaryl/α,β-unsaturated/α-hetero) is 5. The van der Waals surface area contributed by atoms with E-state index in [4.69, 9.17) is 23.7 Å². The zero-order valence-electron chi connectivity index (χ0n) is 58.6. The van der Waals surface area contributed by atoms with Crippen LogP contribution in [0.5, 0.6) is 0 Å². The summed E-state index contributed by atoms with van der Waals surface area (Å²) >= 11 is 0. The third-order valence-electron chi connectivity index (χ3n) is 15.1. The van der Waals surface area contributed by atoms with Crippen LogP contribution in [-0.4, -0.2) is 201 Å². The van der Waals surface area contributed by atoms with Gasteiger partial charge in [0.15, 0.2) is 28.9 Å². The standard InChI is InChI=1S/C14H25NO4.C14H25NO3.C11H21NO.C10H19NO.C9H17NO2.C9H17NO/c1-13(2,3)11(16)10-9-18-8-7-15(10)12(17)19-14(4,5)6;1-13(2,3)11(16)10-8-7-9-15(10)12(17)18-14(4,5)6;1-9(11(2,3)4)10-8-13-7-6-12(10)5;1-10(2,3)9(12)8-6-5-7-11(8)4;1-9(2,3)8(11)7-6-12-5-4-10-7;1-9(2,3)8(11)7-5-4-6-10-7/h10H,7-9H2,1-6H3;10H,7-9H2,1-6H3;10H,1,6-8H2,2-5H3;8H,5-7H2,1-4H3;7,10H,4-6H2,1-3H3;7,10H,4-6H2,1-3H3. The molecule has 2 N–H and O–H groups in total. The van der Waals surface area contributed by atoms with Gasteiger partial charge in [-0.2, -0.15) is 0 Å². The second-order valence-corrected chi connectivity index (χ2v) is 31.9. The van der Waals surface area contributed by atoms with Crippen LogP contribution in [0.3, 0.4) is 0 Å². The number of ether oxygens (including phenoxy) is 5. The fraction of sp³-hybridized carbons (Fsp3) is 0.866. The first-order valence-corrected chi connectivity index (χ1v) is 31.4. The van der Waals surface area contributed by atoms with Crippen molar-refractivity contribution < 1.29 is 57.2 Å². The number of nitrogens with zero attached hydrogens (tertiary/aromatic N) is 4. The summed E-state index contributed by atoms with van der Waals surface area (Å²) in [6, 6.07) is -0.254. The summed E-state index contributed by atoms with van der Waals surface area (Å²) in [6.07, 6.45) is 5.18. The summed E-state index contributed by atoms with van der Waals surface area (Å²) in [7, 11) is 4.19. The topological polar surface area (TPSA) is 203 Å². The molecule has 0 radical (unpaired) electrons. The molecule has 0 aromatic carbocycles. The highest BCUT2D eigenvalue weighted by molar-refractivity contribution is 5.93. The third kappa shape index (κ3) is 28.6. The second kappa shape index (κ2) is 33.3. The Kier molecular flexibility index (Phi) is 31.0. The van der Waals surface area contributed by atoms with E-state index in [0.29, 0.717) is 50.5 Å². The van der Waals surface area contributed by atoms with Gasteiger partial charge in [-0.05, 0) is 113 Å². The van der Waals surface area contributed by atoms with Crippen molar-refractivity contribution in [3.8, 4) is 0 Å². The normalized spacial score (nSPS) is 23.7. The van der Waals surface area contributed by atoms with Gasteiger partial charge >= 0.3 is 12.2 Å². The summed E-state index contributed by atoms with van der Waals surface area (Å²) in [5.41, 5.74) is -1.18. The lowest BCUT2D eigenvalue weighted by Gasteiger charge is -2.38. The van der Waals surface area contributed by atoms with E-state index in [1.165, 1.54) is 16.9 Å². The maximum atomic E-state index is 12.4. The van der Waals surface area contributed by atoms with Crippen molar-refractivity contribution in [2.75, 3.05) is 93.0 Å². The minimum absolute atomic E-state index is 0.00180. The molecular formula is C67H124N6O12. The molecule has 6 aliphatic heterocycles. The van der Waals surface area contributed by atoms with Gasteiger partial charge in [-0.25, -0.2) is 9.59 Å². The van der Waals surface area contributed by atoms with Gasteiger partial charge in [0.1, 0.15) is 17.2 Å². The maximum Gasteiger partial charge on any atom is 0.411 e. The number of hydrogen-bond donors (Lipinski definition) is 2. The van der Waals surface area contributed by atoms with E-state index in [0.717, 1.165) is 71.5 Å². The predicted octanol–water partition coefficient (Wildman–Crippen LogP) is 10.8. The molecular weight excluding hydrogens is 1080 g/mol. The summed E-state index contributed by atoms with van der Waals surface area (Å²) in [5.74, 6) is 1.10. The van der Waals surface area contributed by atoms with Crippen LogP contribution in [0, 0.1) is 32.5 Å². The Morgan fingerprint density at radius 3 is 1.15 bits per heavy atom. The molecule has 0 aliphatic carbocycles. The van der Waals surface area contributed by atoms with Gasteiger partial charge in [0, 0.05) is 53.3 Å². The molecule has 0 aromatic heterocycles. The minimum atomic E-state index is -0.565. The van der Waals surface area contributed by atoms with Gasteiger partial charge in [0.2, 0.25) is 0 Å². The fourth-order valence-corrected chi connectivity index (χ4v) is 9.92. The molecule has 6 heterocycles. The molecule has 6 saturated heterocycles. The Morgan fingerprint density at radius 1 is 0.388 bits per heavy atom. The van der Waals surface area contributed by atoms with E-state index in [9.17, 15) is 33.6 Å². The number of rotatable bonds is 6. The second-order valence-electron chi connectivity index (χ2n) is 31.9. The Labute approximate surface area is 516 Å². The van der Waals surface area contributed by atoms with Crippen LogP contribution in [0.1, 0.15) is 205 Å². The summed E-state index contributed by atoms with van der Waals surface area (Å²) < 4.78 is 26.7. The number of carbonyl (C=O) groups excluding carboxylic acids is 7. The van der Waals surface area contributed by atoms with Gasteiger partial charge in [-0.3, -0.25) is 43.6 Å². The van der Waals surface area contributed by atoms with Gasteiger partial charge < -0.3 is 34.3 Å². The smallest absolute Gasteiger partial charge is 0.411 e. The SMILES string of the molecule is C=C(C1COCCN1C)C(C)(C)C.CC(C)(C)C(=O)C1CCCN1.CC(C)(C)C(=O)C1COCCN1.CC(C)(C)OC(=O)N1CCCC1C(=O)C(C)(C)C.CC(C)(C)OC(=O)N1CCOCC1C(=O)C(C)(C)C.CN1CCCC1C(=O)C(C)(C)C. The van der Waals surface area contributed by atoms with Crippen molar-refractivity contribution in [3.05, 3.63) is 12.2 Å². The molecule has 85 heavy (non-hydrogen) atoms. The quantitative estimate of drug-likeness (QED) is 0.238. The number of amides is 2. The Morgan fingerprint density at radius 2 is 0.765 bits per heavy atom. The molecule has 2 amide bonds. The Hall–Kier alpha value is -3.65. The van der Waals surface area contributed by atoms with E-state index in [1.807, 2.05) is 152 Å². The van der Waals surface area contributed by atoms with Crippen LogP contribution in [0.25, 0.3) is 0 Å². The first-order valence-electron chi connectivity index (χ1n) is 31.4. The van der Waals surface area contributed by atoms with Crippen molar-refractivity contribution >= 4 is 41.1 Å². The molecule has 6 aliphatic rings. The molecule has 0 aromatic rings. The zero-order valence-corrected chi connectivity index (χ0v) is 58.6. The third-order valence-corrected chi connectivity index (χ3v) is 15.1. The molecule has 6 rings (SSSR count). The molecule has 18 heteroatoms. The van der Waals surface area contributed by atoms with E-state index in [2.05, 4.69) is 54.8 Å². The molecule has 18 nitrogen and oxygen atoms in total. The zero-order chi connectivity index (χ0) is 66.1. The monoisotopic (exact) mass is 1200 g/mol. The van der Waals surface area contributed by atoms with Gasteiger partial charge in [0.25, 0.3) is 0 Å². The summed E-state index contributed by atoms with van der Waals surface area (Å²) in [4.78, 5) is 91.6. The van der Waals surface area contributed by atoms with Crippen LogP contribution in [-0.2, 0) is 47.7 Å². The average molecular weight is 1210 g/mol. The summed E-state index contributed by atoms with van der Waals surface area (Å²) in [5, 5.41) is 6.36. The molecule has 6 unspecified atom stereocenters. The number of nitrogens with one attached hydrogen (secondary N) is 2. The first kappa shape index (κ1) is 79.4. The Balaban J connectivity index is 0.000000516. The van der Waals surface area contributed by atoms with E-state index in [-0.39, 0.29) is 75.9 Å². The average Bonchev–Trinajstić information content (AvgIpc) is 3.64. The first-order chi connectivity index (χ1) is 38.4. The number of likely N-dealkylation sites (N-methyl/N-ethyl adjacent to an activating group) is 2. The van der Waals surface area contributed by atoms with Gasteiger partial charge in [0.05, 0.1) is 69.9 Å². The molecule has 0 spiro atoms. The van der Waals surface area contributed by atoms with Crippen LogP contribution >= 0.6 is 0 Å². The number of carbonyl (C=O) groups is 7. The van der Waals surface area contributed by atoms with Crippen LogP contribution in [0.15, 0.2) is 12.2 Å². The van der Waals surface area contributed by atoms with Crippen molar-refractivity contribution in [2.45, 2.75) is 252 Å². The van der Waals surface area contributed by atoms with Gasteiger partial charge in [-0.1, -0.05) is 137 Å². The minimum Gasteiger partial charge on any atom is -0.444 e. The molecule has 6 atom stereocenters. The van der Waals surface area contributed by atoms with Crippen molar-refractivity contribution in [3.63, 3.8) is 0 Å². The van der Waals surface area contributed by atoms with Crippen LogP contribution in [0.2, 0.25) is 0 Å². The highest BCUT2D eigenvalue weighted by Gasteiger charge is 2.42. The number of ketones is 5. The van der Waals surface area contributed by atoms with Crippen molar-refractivity contribution in [1.29, 1.82) is 0 Å². The van der Waals surface area contributed by atoms with E-state index < -0.39 is 34.2 Å². The van der Waals surface area contributed by atoms with E-state index >= 15 is 0 Å². The van der Waals surface area contributed by atoms with Crippen LogP contribution in [0.4, 0.5) is 9.59 Å². The molecule has 6 fully saturated rings. The van der Waals surface area contributed by atoms with Crippen LogP contribution < -0.4 is 10.6 Å². The highest BCUT2D eigenvalue weighted by Crippen LogP contribution is 2.31. The molecule has 0 bridgehead atoms. The van der Waals surface area contributed by atoms with Crippen molar-refractivity contribution in [1.82, 2.24) is 30.2 Å². The molecule has 0 saturated carbocycles.